The Balaban J connectivity index is 1.90. The predicted molar refractivity (Wildman–Crippen MR) is 152 cm³/mol. The van der Waals surface area contributed by atoms with E-state index < -0.39 is 38.7 Å². The molecule has 1 saturated carbocycles. The summed E-state index contributed by atoms with van der Waals surface area (Å²) in [6.07, 6.45) is 3.98. The van der Waals surface area contributed by atoms with Crippen LogP contribution < -0.4 is 0 Å². The molecule has 4 rings (SSSR count). The number of benzene rings is 2. The number of likely N-dealkylation sites (N-methyl/N-ethyl adjacent to an activating group) is 1. The fourth-order valence-corrected chi connectivity index (χ4v) is 7.52. The number of halogens is 2. The number of allylic oxidation sites excluding steroid dienone is 1. The van der Waals surface area contributed by atoms with Crippen molar-refractivity contribution in [1.82, 2.24) is 9.21 Å². The van der Waals surface area contributed by atoms with Gasteiger partial charge >= 0.3 is 0 Å². The molecule has 1 aliphatic carbocycles. The van der Waals surface area contributed by atoms with E-state index in [0.29, 0.717) is 35.7 Å². The summed E-state index contributed by atoms with van der Waals surface area (Å²) < 4.78 is 26.9. The lowest BCUT2D eigenvalue weighted by Crippen LogP contribution is -2.59. The van der Waals surface area contributed by atoms with E-state index in [1.165, 1.54) is 7.05 Å². The standard InChI is InChI=1S/C29H34Cl2N2O4S/c1-5-16-29(3)18-24(20-8-7-9-22(31)17-20)26(19-10-12-21(30)13-11-19)33(28(29)35)25(6-2)27(34)32(4)38(36,37)23-14-15-23/h5,7-13,17,23-26H,1,6,14-16,18H2,2-4H3/t24-,25-,26-,29+/m1/s1. The average Bonchev–Trinajstić information content (AvgIpc) is 3.73. The summed E-state index contributed by atoms with van der Waals surface area (Å²) in [5, 5.41) is 0.588. The van der Waals surface area contributed by atoms with E-state index in [0.717, 1.165) is 15.4 Å². The second-order valence-electron chi connectivity index (χ2n) is 10.6. The largest absolute Gasteiger partial charge is 0.322 e. The summed E-state index contributed by atoms with van der Waals surface area (Å²) in [7, 11) is -2.47. The molecule has 0 bridgehead atoms. The Hall–Kier alpha value is -2.35. The van der Waals surface area contributed by atoms with E-state index in [1.54, 1.807) is 36.1 Å². The molecule has 4 atom stereocenters. The Morgan fingerprint density at radius 1 is 1.16 bits per heavy atom. The third kappa shape index (κ3) is 5.38. The van der Waals surface area contributed by atoms with Crippen molar-refractivity contribution in [3.05, 3.63) is 82.4 Å². The lowest BCUT2D eigenvalue weighted by molar-refractivity contribution is -0.159. The van der Waals surface area contributed by atoms with Crippen LogP contribution >= 0.6 is 23.2 Å². The van der Waals surface area contributed by atoms with Crippen molar-refractivity contribution in [3.63, 3.8) is 0 Å². The van der Waals surface area contributed by atoms with Crippen LogP contribution in [0.3, 0.4) is 0 Å². The zero-order valence-electron chi connectivity index (χ0n) is 21.9. The van der Waals surface area contributed by atoms with Gasteiger partial charge in [-0.3, -0.25) is 9.59 Å². The second kappa shape index (κ2) is 11.0. The minimum atomic E-state index is -3.78. The Bertz CT molecular complexity index is 1330. The Labute approximate surface area is 235 Å². The molecule has 38 heavy (non-hydrogen) atoms. The van der Waals surface area contributed by atoms with Crippen LogP contribution in [-0.4, -0.2) is 47.8 Å². The maximum atomic E-state index is 14.4. The van der Waals surface area contributed by atoms with Crippen LogP contribution in [0, 0.1) is 5.41 Å². The van der Waals surface area contributed by atoms with Crippen LogP contribution in [0.2, 0.25) is 10.0 Å². The molecule has 204 valence electrons. The summed E-state index contributed by atoms with van der Waals surface area (Å²) in [6, 6.07) is 13.3. The SMILES string of the molecule is C=CC[C@@]1(C)C[C@H](c2cccc(Cl)c2)[C@@H](c2ccc(Cl)cc2)N([C@H](CC)C(=O)N(C)S(=O)(=O)C2CC2)C1=O. The first-order valence-electron chi connectivity index (χ1n) is 12.9. The monoisotopic (exact) mass is 576 g/mol. The van der Waals surface area contributed by atoms with Gasteiger partial charge in [-0.2, -0.15) is 0 Å². The van der Waals surface area contributed by atoms with Crippen LogP contribution in [0.15, 0.2) is 61.2 Å². The highest BCUT2D eigenvalue weighted by atomic mass is 35.5. The molecule has 6 nitrogen and oxygen atoms in total. The van der Waals surface area contributed by atoms with E-state index >= 15 is 0 Å². The first-order chi connectivity index (χ1) is 17.9. The number of hydrogen-bond donors (Lipinski definition) is 0. The number of sulfonamides is 1. The fourth-order valence-electron chi connectivity index (χ4n) is 5.65. The minimum absolute atomic E-state index is 0.201. The highest BCUT2D eigenvalue weighted by molar-refractivity contribution is 7.90. The predicted octanol–water partition coefficient (Wildman–Crippen LogP) is 6.36. The zero-order valence-corrected chi connectivity index (χ0v) is 24.3. The maximum absolute atomic E-state index is 14.4. The molecule has 1 saturated heterocycles. The molecule has 0 N–H and O–H groups in total. The highest BCUT2D eigenvalue weighted by Crippen LogP contribution is 2.52. The first-order valence-corrected chi connectivity index (χ1v) is 15.2. The molecule has 0 aromatic heterocycles. The summed E-state index contributed by atoms with van der Waals surface area (Å²) >= 11 is 12.6. The van der Waals surface area contributed by atoms with E-state index in [9.17, 15) is 18.0 Å². The van der Waals surface area contributed by atoms with Gasteiger partial charge in [0.25, 0.3) is 5.91 Å². The zero-order chi connectivity index (χ0) is 27.8. The molecule has 1 aliphatic heterocycles. The molecule has 9 heteroatoms. The number of nitrogens with zero attached hydrogens (tertiary/aromatic N) is 2. The molecular weight excluding hydrogens is 543 g/mol. The second-order valence-corrected chi connectivity index (χ2v) is 13.7. The Morgan fingerprint density at radius 2 is 1.82 bits per heavy atom. The smallest absolute Gasteiger partial charge is 0.258 e. The number of amides is 2. The van der Waals surface area contributed by atoms with Gasteiger partial charge in [0.1, 0.15) is 6.04 Å². The van der Waals surface area contributed by atoms with Crippen LogP contribution in [0.4, 0.5) is 0 Å². The number of rotatable bonds is 9. The number of likely N-dealkylation sites (tertiary alicyclic amines) is 1. The molecule has 2 aliphatic rings. The molecule has 0 spiro atoms. The number of hydrogen-bond acceptors (Lipinski definition) is 4. The summed E-state index contributed by atoms with van der Waals surface area (Å²) in [4.78, 5) is 29.9. The highest BCUT2D eigenvalue weighted by Gasteiger charge is 2.53. The number of carbonyl (C=O) groups is 2. The van der Waals surface area contributed by atoms with Crippen LogP contribution in [0.5, 0.6) is 0 Å². The summed E-state index contributed by atoms with van der Waals surface area (Å²) in [6.45, 7) is 7.58. The fraction of sp³-hybridized carbons (Fsp3) is 0.448. The van der Waals surface area contributed by atoms with Crippen molar-refractivity contribution in [3.8, 4) is 0 Å². The van der Waals surface area contributed by atoms with Gasteiger partial charge in [-0.05, 0) is 67.5 Å². The molecular formula is C29H34Cl2N2O4S. The quantitative estimate of drug-likeness (QED) is 0.325. The summed E-state index contributed by atoms with van der Waals surface area (Å²) in [5.41, 5.74) is 0.901. The third-order valence-electron chi connectivity index (χ3n) is 7.83. The number of carbonyl (C=O) groups excluding carboxylic acids is 2. The molecule has 2 fully saturated rings. The van der Waals surface area contributed by atoms with E-state index in [2.05, 4.69) is 6.58 Å². The van der Waals surface area contributed by atoms with E-state index in [4.69, 9.17) is 23.2 Å². The maximum Gasteiger partial charge on any atom is 0.258 e. The normalized spacial score (nSPS) is 24.7. The van der Waals surface area contributed by atoms with Gasteiger partial charge in [0.2, 0.25) is 15.9 Å². The van der Waals surface area contributed by atoms with Crippen molar-refractivity contribution >= 4 is 45.0 Å². The van der Waals surface area contributed by atoms with Gasteiger partial charge < -0.3 is 4.90 Å². The van der Waals surface area contributed by atoms with Gasteiger partial charge in [0.15, 0.2) is 0 Å². The lowest BCUT2D eigenvalue weighted by atomic mass is 9.67. The van der Waals surface area contributed by atoms with Gasteiger partial charge in [-0.15, -0.1) is 6.58 Å². The topological polar surface area (TPSA) is 74.8 Å². The number of piperidine rings is 1. The van der Waals surface area contributed by atoms with Crippen LogP contribution in [0.25, 0.3) is 0 Å². The van der Waals surface area contributed by atoms with Crippen molar-refractivity contribution in [2.75, 3.05) is 7.05 Å². The minimum Gasteiger partial charge on any atom is -0.322 e. The van der Waals surface area contributed by atoms with Crippen LogP contribution in [0.1, 0.15) is 69.0 Å². The Kier molecular flexibility index (Phi) is 8.31. The Morgan fingerprint density at radius 3 is 2.37 bits per heavy atom. The van der Waals surface area contributed by atoms with Crippen molar-refractivity contribution in [2.24, 2.45) is 5.41 Å². The summed E-state index contributed by atoms with van der Waals surface area (Å²) in [5.74, 6) is -1.02. The molecule has 2 amide bonds. The molecule has 0 radical (unpaired) electrons. The molecule has 0 unspecified atom stereocenters. The van der Waals surface area contributed by atoms with Crippen molar-refractivity contribution < 1.29 is 18.0 Å². The van der Waals surface area contributed by atoms with Gasteiger partial charge in [0, 0.05) is 23.0 Å². The van der Waals surface area contributed by atoms with Gasteiger partial charge in [-0.25, -0.2) is 12.7 Å². The van der Waals surface area contributed by atoms with Crippen molar-refractivity contribution in [1.29, 1.82) is 0 Å². The average molecular weight is 578 g/mol. The van der Waals surface area contributed by atoms with E-state index in [-0.39, 0.29) is 18.2 Å². The van der Waals surface area contributed by atoms with E-state index in [1.807, 2.05) is 37.3 Å². The van der Waals surface area contributed by atoms with Crippen molar-refractivity contribution in [2.45, 2.75) is 69.2 Å². The van der Waals surface area contributed by atoms with Gasteiger partial charge in [0.05, 0.1) is 16.7 Å². The van der Waals surface area contributed by atoms with Crippen LogP contribution in [-0.2, 0) is 19.6 Å². The molecule has 2 aromatic rings. The lowest BCUT2D eigenvalue weighted by Gasteiger charge is -2.51. The molecule has 1 heterocycles. The molecule has 2 aromatic carbocycles. The first kappa shape index (κ1) is 28.7. The van der Waals surface area contributed by atoms with Gasteiger partial charge in [-0.1, -0.05) is 67.4 Å². The third-order valence-corrected chi connectivity index (χ3v) is 10.6.